The largest absolute Gasteiger partial charge is 0.323 e. The van der Waals surface area contributed by atoms with Gasteiger partial charge in [0, 0.05) is 5.92 Å². The molecule has 1 atom stereocenters. The fraction of sp³-hybridized carbons (Fsp3) is 0.308. The van der Waals surface area contributed by atoms with Gasteiger partial charge in [-0.05, 0) is 31.4 Å². The number of para-hydroxylation sites is 1. The summed E-state index contributed by atoms with van der Waals surface area (Å²) in [5.74, 6) is 0.0108. The number of carbonyl (C=O) groups is 1. The van der Waals surface area contributed by atoms with E-state index in [-0.39, 0.29) is 11.8 Å². The van der Waals surface area contributed by atoms with Gasteiger partial charge in [-0.1, -0.05) is 41.4 Å². The van der Waals surface area contributed by atoms with E-state index in [0.29, 0.717) is 15.7 Å². The Morgan fingerprint density at radius 3 is 2.53 bits per heavy atom. The highest BCUT2D eigenvalue weighted by Crippen LogP contribution is 2.31. The summed E-state index contributed by atoms with van der Waals surface area (Å²) >= 11 is 12.0. The van der Waals surface area contributed by atoms with Crippen molar-refractivity contribution in [1.29, 1.82) is 0 Å². The number of rotatable bonds is 2. The van der Waals surface area contributed by atoms with E-state index >= 15 is 0 Å². The van der Waals surface area contributed by atoms with Crippen molar-refractivity contribution in [2.45, 2.75) is 19.3 Å². The molecule has 0 heterocycles. The van der Waals surface area contributed by atoms with E-state index in [1.165, 1.54) is 0 Å². The number of nitrogens with one attached hydrogen (secondary N) is 1. The van der Waals surface area contributed by atoms with Crippen LogP contribution < -0.4 is 5.32 Å². The maximum absolute atomic E-state index is 12.0. The van der Waals surface area contributed by atoms with Gasteiger partial charge in [0.1, 0.15) is 0 Å². The van der Waals surface area contributed by atoms with Crippen molar-refractivity contribution in [1.82, 2.24) is 0 Å². The summed E-state index contributed by atoms with van der Waals surface area (Å²) in [4.78, 5) is 12.0. The zero-order chi connectivity index (χ0) is 12.3. The third kappa shape index (κ3) is 3.02. The van der Waals surface area contributed by atoms with Gasteiger partial charge in [-0.3, -0.25) is 4.79 Å². The molecule has 0 saturated carbocycles. The van der Waals surface area contributed by atoms with Crippen LogP contribution in [0.15, 0.2) is 30.4 Å². The fourth-order valence-corrected chi connectivity index (χ4v) is 2.37. The lowest BCUT2D eigenvalue weighted by Crippen LogP contribution is -2.23. The highest BCUT2D eigenvalue weighted by Gasteiger charge is 2.20. The Bertz CT molecular complexity index is 436. The van der Waals surface area contributed by atoms with Crippen LogP contribution in [0.5, 0.6) is 0 Å². The number of allylic oxidation sites excluding steroid dienone is 2. The van der Waals surface area contributed by atoms with Gasteiger partial charge >= 0.3 is 0 Å². The van der Waals surface area contributed by atoms with Crippen LogP contribution in [0, 0.1) is 5.92 Å². The molecule has 0 aliphatic heterocycles. The molecule has 17 heavy (non-hydrogen) atoms. The second-order valence-corrected chi connectivity index (χ2v) is 4.88. The van der Waals surface area contributed by atoms with Crippen LogP contribution in [-0.2, 0) is 4.79 Å². The lowest BCUT2D eigenvalue weighted by atomic mass is 9.93. The van der Waals surface area contributed by atoms with E-state index in [1.807, 2.05) is 6.08 Å². The predicted octanol–water partition coefficient (Wildman–Crippen LogP) is 4.29. The molecule has 0 spiro atoms. The van der Waals surface area contributed by atoms with E-state index in [4.69, 9.17) is 23.2 Å². The monoisotopic (exact) mass is 269 g/mol. The Balaban J connectivity index is 2.10. The van der Waals surface area contributed by atoms with E-state index in [1.54, 1.807) is 18.2 Å². The normalized spacial score (nSPS) is 19.1. The molecule has 1 N–H and O–H groups in total. The van der Waals surface area contributed by atoms with Crippen molar-refractivity contribution < 1.29 is 4.79 Å². The SMILES string of the molecule is O=C(Nc1c(Cl)cccc1Cl)[C@@H]1CC=CCC1. The van der Waals surface area contributed by atoms with Gasteiger partial charge in [-0.25, -0.2) is 0 Å². The summed E-state index contributed by atoms with van der Waals surface area (Å²) in [6, 6.07) is 5.18. The highest BCUT2D eigenvalue weighted by molar-refractivity contribution is 6.39. The molecule has 1 aromatic rings. The molecule has 4 heteroatoms. The zero-order valence-corrected chi connectivity index (χ0v) is 10.8. The molecule has 0 aromatic heterocycles. The molecule has 0 fully saturated rings. The smallest absolute Gasteiger partial charge is 0.227 e. The first-order valence-electron chi connectivity index (χ1n) is 5.58. The Kier molecular flexibility index (Phi) is 4.08. The minimum Gasteiger partial charge on any atom is -0.323 e. The van der Waals surface area contributed by atoms with Crippen molar-refractivity contribution >= 4 is 34.8 Å². The van der Waals surface area contributed by atoms with Crippen molar-refractivity contribution in [2.75, 3.05) is 5.32 Å². The third-order valence-corrected chi connectivity index (χ3v) is 3.48. The van der Waals surface area contributed by atoms with Crippen LogP contribution in [0.3, 0.4) is 0 Å². The molecule has 90 valence electrons. The average Bonchev–Trinajstić information content (AvgIpc) is 2.35. The first kappa shape index (κ1) is 12.5. The maximum Gasteiger partial charge on any atom is 0.227 e. The van der Waals surface area contributed by atoms with Crippen molar-refractivity contribution in [2.24, 2.45) is 5.92 Å². The summed E-state index contributed by atoms with van der Waals surface area (Å²) in [6.45, 7) is 0. The third-order valence-electron chi connectivity index (χ3n) is 2.85. The molecule has 0 saturated heterocycles. The van der Waals surface area contributed by atoms with Gasteiger partial charge < -0.3 is 5.32 Å². The molecule has 2 rings (SSSR count). The first-order chi connectivity index (χ1) is 8.18. The van der Waals surface area contributed by atoms with Crippen LogP contribution in [0.1, 0.15) is 19.3 Å². The van der Waals surface area contributed by atoms with Gasteiger partial charge in [0.25, 0.3) is 0 Å². The van der Waals surface area contributed by atoms with Gasteiger partial charge in [-0.15, -0.1) is 0 Å². The maximum atomic E-state index is 12.0. The second-order valence-electron chi connectivity index (χ2n) is 4.07. The Labute approximate surface area is 111 Å². The van der Waals surface area contributed by atoms with E-state index in [0.717, 1.165) is 19.3 Å². The highest BCUT2D eigenvalue weighted by atomic mass is 35.5. The van der Waals surface area contributed by atoms with Crippen LogP contribution in [-0.4, -0.2) is 5.91 Å². The number of anilines is 1. The molecule has 1 aromatic carbocycles. The van der Waals surface area contributed by atoms with Crippen LogP contribution in [0.25, 0.3) is 0 Å². The van der Waals surface area contributed by atoms with Crippen molar-refractivity contribution in [3.8, 4) is 0 Å². The van der Waals surface area contributed by atoms with Gasteiger partial charge in [0.2, 0.25) is 5.91 Å². The van der Waals surface area contributed by atoms with Crippen molar-refractivity contribution in [3.63, 3.8) is 0 Å². The van der Waals surface area contributed by atoms with Crippen LogP contribution >= 0.6 is 23.2 Å². The molecule has 0 unspecified atom stereocenters. The summed E-state index contributed by atoms with van der Waals surface area (Å²) in [6.07, 6.45) is 6.76. The molecule has 1 amide bonds. The quantitative estimate of drug-likeness (QED) is 0.798. The molecular weight excluding hydrogens is 257 g/mol. The fourth-order valence-electron chi connectivity index (χ4n) is 1.87. The number of carbonyl (C=O) groups excluding carboxylic acids is 1. The molecule has 1 aliphatic carbocycles. The molecule has 1 aliphatic rings. The first-order valence-corrected chi connectivity index (χ1v) is 6.34. The van der Waals surface area contributed by atoms with Gasteiger partial charge in [0.15, 0.2) is 0 Å². The molecular formula is C13H13Cl2NO. The summed E-state index contributed by atoms with van der Waals surface area (Å²) in [7, 11) is 0. The standard InChI is InChI=1S/C13H13Cl2NO/c14-10-7-4-8-11(15)12(10)16-13(17)9-5-2-1-3-6-9/h1-2,4,7-9H,3,5-6H2,(H,16,17)/t9-/m1/s1. The lowest BCUT2D eigenvalue weighted by molar-refractivity contribution is -0.120. The van der Waals surface area contributed by atoms with E-state index in [9.17, 15) is 4.79 Å². The number of amides is 1. The molecule has 0 radical (unpaired) electrons. The van der Waals surface area contributed by atoms with E-state index < -0.39 is 0 Å². The van der Waals surface area contributed by atoms with Gasteiger partial charge in [0.05, 0.1) is 15.7 Å². The zero-order valence-electron chi connectivity index (χ0n) is 9.25. The second kappa shape index (κ2) is 5.56. The number of hydrogen-bond donors (Lipinski definition) is 1. The van der Waals surface area contributed by atoms with Crippen molar-refractivity contribution in [3.05, 3.63) is 40.4 Å². The number of halogens is 2. The summed E-state index contributed by atoms with van der Waals surface area (Å²) in [5, 5.41) is 3.75. The minimum absolute atomic E-state index is 0.00986. The molecule has 0 bridgehead atoms. The van der Waals surface area contributed by atoms with Crippen LogP contribution in [0.2, 0.25) is 10.0 Å². The Hall–Kier alpha value is -0.990. The minimum atomic E-state index is -0.00986. The lowest BCUT2D eigenvalue weighted by Gasteiger charge is -2.18. The van der Waals surface area contributed by atoms with E-state index in [2.05, 4.69) is 11.4 Å². The Morgan fingerprint density at radius 2 is 1.94 bits per heavy atom. The van der Waals surface area contributed by atoms with Gasteiger partial charge in [-0.2, -0.15) is 0 Å². The Morgan fingerprint density at radius 1 is 1.24 bits per heavy atom. The summed E-state index contributed by atoms with van der Waals surface area (Å²) in [5.41, 5.74) is 0.510. The average molecular weight is 270 g/mol. The van der Waals surface area contributed by atoms with Crippen LogP contribution in [0.4, 0.5) is 5.69 Å². The number of benzene rings is 1. The molecule has 2 nitrogen and oxygen atoms in total. The number of hydrogen-bond acceptors (Lipinski definition) is 1. The summed E-state index contributed by atoms with van der Waals surface area (Å²) < 4.78 is 0. The predicted molar refractivity (Wildman–Crippen MR) is 71.6 cm³/mol. The topological polar surface area (TPSA) is 29.1 Å².